The van der Waals surface area contributed by atoms with Gasteiger partial charge in [0, 0.05) is 78.9 Å². The maximum absolute atomic E-state index is 13.7. The summed E-state index contributed by atoms with van der Waals surface area (Å²) >= 11 is 0. The van der Waals surface area contributed by atoms with Crippen molar-refractivity contribution < 1.29 is 38.9 Å². The van der Waals surface area contributed by atoms with E-state index in [1.54, 1.807) is 36.0 Å². The fraction of sp³-hybridized carbons (Fsp3) is 0.421. The number of urea groups is 1. The SMILES string of the molecule is COc1ccc(C#CCNC2(C)CCN(C3CCNCC3)[C@@H](c3nc([C@@](CO)(OC4CC4)c4ccccc4)c4cc(-c5cn(C)c(=O)c6[nH]ccc56)ccc4n3)C2)cc1N1CCC(=O)N(CNC(=O)CCC(=O)O)C1=O. The number of piperidine rings is 2. The number of carbonyl (C=O) groups excluding carboxylic acids is 3. The number of benzene rings is 3. The Kier molecular flexibility index (Phi) is 15.1. The van der Waals surface area contributed by atoms with Gasteiger partial charge in [-0.15, -0.1) is 0 Å². The number of nitrogens with zero attached hydrogens (tertiary/aromatic N) is 6. The number of imide groups is 1. The molecule has 6 aromatic rings. The third-order valence-corrected chi connectivity index (χ3v) is 15.3. The lowest BCUT2D eigenvalue weighted by Gasteiger charge is -2.48. The van der Waals surface area contributed by atoms with Gasteiger partial charge in [0.1, 0.15) is 23.8 Å². The fourth-order valence-corrected chi connectivity index (χ4v) is 11.0. The summed E-state index contributed by atoms with van der Waals surface area (Å²) in [7, 11) is 3.24. The van der Waals surface area contributed by atoms with Gasteiger partial charge in [0.15, 0.2) is 5.60 Å². The number of H-pyrrole nitrogens is 1. The minimum atomic E-state index is -1.32. The van der Waals surface area contributed by atoms with Crippen LogP contribution in [-0.4, -0.2) is 134 Å². The number of carboxylic acid groups (broad SMARTS) is 1. The standard InChI is InChI=1S/C57H64N10O9/c1-56(61-24-7-8-36-11-16-47(75-3)45(30-36)66-28-22-49(70)67(55(66)74)35-60-48(69)17-18-50(71)72)23-29-65(39-19-25-58-26-20-39)46(32-56)53-62-44-15-12-37(43-33-64(2)54(73)51-41(43)21-27-59-51)31-42(44)52(63-53)57(34-68,76-40-13-14-40)38-9-5-4-6-10-38/h4-6,9-12,15-16,21,27,30-31,33,39-40,46,58-59,61,68H,13-14,17-20,22-26,28-29,32,34-35H2,1-3H3,(H,60,69)(H,71,72)/t46-,56?,57+/m1/s1. The Hall–Kier alpha value is -7.47. The third kappa shape index (κ3) is 10.7. The number of carboxylic acids is 1. The van der Waals surface area contributed by atoms with Crippen LogP contribution in [0.25, 0.3) is 32.9 Å². The molecule has 4 fully saturated rings. The molecule has 6 heterocycles. The number of fused-ring (bicyclic) bond motifs is 2. The molecule has 1 aliphatic carbocycles. The number of aliphatic hydroxyl groups excluding tert-OH is 1. The van der Waals surface area contributed by atoms with Crippen molar-refractivity contribution in [2.75, 3.05) is 58.0 Å². The Balaban J connectivity index is 0.967. The predicted octanol–water partition coefficient (Wildman–Crippen LogP) is 5.29. The van der Waals surface area contributed by atoms with Crippen molar-refractivity contribution in [2.45, 2.75) is 94.0 Å². The van der Waals surface area contributed by atoms with Crippen LogP contribution in [0.15, 0.2) is 90.0 Å². The van der Waals surface area contributed by atoms with E-state index in [0.29, 0.717) is 52.5 Å². The van der Waals surface area contributed by atoms with E-state index >= 15 is 0 Å². The monoisotopic (exact) mass is 1030 g/mol. The normalized spacial score (nSPS) is 20.3. The van der Waals surface area contributed by atoms with Gasteiger partial charge >= 0.3 is 12.0 Å². The number of hydrogen-bond donors (Lipinski definition) is 6. The van der Waals surface area contributed by atoms with Crippen molar-refractivity contribution >= 4 is 51.3 Å². The average Bonchev–Trinajstić information content (AvgIpc) is 4.14. The zero-order valence-corrected chi connectivity index (χ0v) is 43.1. The van der Waals surface area contributed by atoms with Crippen LogP contribution in [0.5, 0.6) is 5.75 Å². The maximum Gasteiger partial charge on any atom is 0.332 e. The van der Waals surface area contributed by atoms with Crippen molar-refractivity contribution in [1.82, 2.24) is 45.3 Å². The lowest BCUT2D eigenvalue weighted by atomic mass is 9.82. The Morgan fingerprint density at radius 2 is 1.76 bits per heavy atom. The van der Waals surface area contributed by atoms with E-state index < -0.39 is 41.6 Å². The minimum absolute atomic E-state index is 0.000293. The van der Waals surface area contributed by atoms with Gasteiger partial charge in [0.2, 0.25) is 11.8 Å². The van der Waals surface area contributed by atoms with Crippen LogP contribution in [-0.2, 0) is 31.8 Å². The molecule has 4 amide bonds. The number of carbonyl (C=O) groups is 4. The van der Waals surface area contributed by atoms with Gasteiger partial charge in [-0.3, -0.25) is 29.0 Å². The second kappa shape index (κ2) is 22.0. The molecule has 0 radical (unpaired) electrons. The number of nitrogens with one attached hydrogen (secondary N) is 4. The molecular formula is C57H64N10O9. The number of likely N-dealkylation sites (tertiary alicyclic amines) is 1. The van der Waals surface area contributed by atoms with E-state index in [-0.39, 0.29) is 56.2 Å². The molecule has 3 aromatic heterocycles. The van der Waals surface area contributed by atoms with Crippen LogP contribution < -0.4 is 31.1 Å². The zero-order valence-electron chi connectivity index (χ0n) is 43.1. The second-order valence-electron chi connectivity index (χ2n) is 20.5. The molecule has 3 atom stereocenters. The number of pyridine rings is 1. The van der Waals surface area contributed by atoms with Crippen molar-refractivity contribution in [1.29, 1.82) is 0 Å². The maximum atomic E-state index is 13.7. The van der Waals surface area contributed by atoms with Crippen LogP contribution in [0.2, 0.25) is 0 Å². The molecular weight excluding hydrogens is 969 g/mol. The van der Waals surface area contributed by atoms with Crippen LogP contribution in [0.1, 0.15) is 93.4 Å². The number of methoxy groups -OCH3 is 1. The molecule has 0 spiro atoms. The first-order valence-electron chi connectivity index (χ1n) is 26.1. The van der Waals surface area contributed by atoms with Crippen molar-refractivity contribution in [2.24, 2.45) is 7.05 Å². The average molecular weight is 1030 g/mol. The summed E-state index contributed by atoms with van der Waals surface area (Å²) in [5, 5.41) is 32.1. The number of ether oxygens (including phenoxy) is 2. The lowest BCUT2D eigenvalue weighted by molar-refractivity contribution is -0.139. The first-order chi connectivity index (χ1) is 36.8. The number of aliphatic hydroxyl groups is 1. The summed E-state index contributed by atoms with van der Waals surface area (Å²) in [5.41, 5.74) is 3.54. The molecule has 3 aromatic carbocycles. The molecule has 6 N–H and O–H groups in total. The topological polar surface area (TPSA) is 237 Å². The number of rotatable bonds is 17. The van der Waals surface area contributed by atoms with E-state index in [1.165, 1.54) is 12.0 Å². The molecule has 1 saturated carbocycles. The van der Waals surface area contributed by atoms with E-state index in [2.05, 4.69) is 50.7 Å². The van der Waals surface area contributed by atoms with Gasteiger partial charge < -0.3 is 45.2 Å². The Bertz CT molecular complexity index is 3300. The lowest BCUT2D eigenvalue weighted by Crippen LogP contribution is -2.56. The Morgan fingerprint density at radius 1 is 0.961 bits per heavy atom. The highest BCUT2D eigenvalue weighted by Crippen LogP contribution is 2.45. The molecule has 19 nitrogen and oxygen atoms in total. The molecule has 3 aliphatic heterocycles. The zero-order chi connectivity index (χ0) is 53.1. The molecule has 0 bridgehead atoms. The van der Waals surface area contributed by atoms with Crippen LogP contribution in [0, 0.1) is 11.8 Å². The smallest absolute Gasteiger partial charge is 0.332 e. The highest BCUT2D eigenvalue weighted by Gasteiger charge is 2.46. The molecule has 396 valence electrons. The largest absolute Gasteiger partial charge is 0.495 e. The second-order valence-corrected chi connectivity index (χ2v) is 20.5. The fourth-order valence-electron chi connectivity index (χ4n) is 11.0. The predicted molar refractivity (Wildman–Crippen MR) is 285 cm³/mol. The van der Waals surface area contributed by atoms with E-state index in [9.17, 15) is 29.1 Å². The summed E-state index contributed by atoms with van der Waals surface area (Å²) in [5.74, 6) is 5.43. The summed E-state index contributed by atoms with van der Waals surface area (Å²) in [6.45, 7) is 4.49. The van der Waals surface area contributed by atoms with Gasteiger partial charge in [0.05, 0.1) is 55.7 Å². The number of amides is 4. The highest BCUT2D eigenvalue weighted by molar-refractivity contribution is 6.06. The van der Waals surface area contributed by atoms with Crippen LogP contribution >= 0.6 is 0 Å². The van der Waals surface area contributed by atoms with Gasteiger partial charge in [-0.1, -0.05) is 48.2 Å². The van der Waals surface area contributed by atoms with Crippen LogP contribution in [0.3, 0.4) is 0 Å². The number of hydrogen-bond acceptors (Lipinski definition) is 13. The number of aromatic amines is 1. The van der Waals surface area contributed by atoms with Gasteiger partial charge in [-0.05, 0) is 106 Å². The Labute approximate surface area is 440 Å². The molecule has 19 heteroatoms. The van der Waals surface area contributed by atoms with Crippen molar-refractivity contribution in [3.63, 3.8) is 0 Å². The quantitative estimate of drug-likeness (QED) is 0.0638. The summed E-state index contributed by atoms with van der Waals surface area (Å²) < 4.78 is 14.3. The summed E-state index contributed by atoms with van der Waals surface area (Å²) in [4.78, 5) is 82.1. The highest BCUT2D eigenvalue weighted by atomic mass is 16.5. The third-order valence-electron chi connectivity index (χ3n) is 15.3. The first kappa shape index (κ1) is 52.0. The minimum Gasteiger partial charge on any atom is -0.495 e. The van der Waals surface area contributed by atoms with E-state index in [4.69, 9.17) is 24.5 Å². The van der Waals surface area contributed by atoms with E-state index in [1.807, 2.05) is 54.7 Å². The molecule has 10 rings (SSSR count). The van der Waals surface area contributed by atoms with Crippen molar-refractivity contribution in [3.05, 3.63) is 118 Å². The summed E-state index contributed by atoms with van der Waals surface area (Å²) in [6.07, 6.45) is 8.11. The number of aliphatic carboxylic acids is 1. The number of aromatic nitrogens is 4. The molecule has 3 saturated heterocycles. The molecule has 4 aliphatic rings. The molecule has 1 unspecified atom stereocenters. The van der Waals surface area contributed by atoms with Crippen molar-refractivity contribution in [3.8, 4) is 28.7 Å². The molecule has 76 heavy (non-hydrogen) atoms. The summed E-state index contributed by atoms with van der Waals surface area (Å²) in [6, 6.07) is 22.6. The van der Waals surface area contributed by atoms with Gasteiger partial charge in [0.25, 0.3) is 5.56 Å². The van der Waals surface area contributed by atoms with Crippen LogP contribution in [0.4, 0.5) is 10.5 Å². The Morgan fingerprint density at radius 3 is 2.51 bits per heavy atom. The number of aryl methyl sites for hydroxylation is 1. The van der Waals surface area contributed by atoms with E-state index in [0.717, 1.165) is 84.1 Å². The number of anilines is 1. The van der Waals surface area contributed by atoms with Gasteiger partial charge in [-0.2, -0.15) is 0 Å². The van der Waals surface area contributed by atoms with Gasteiger partial charge in [-0.25, -0.2) is 19.7 Å². The first-order valence-corrected chi connectivity index (χ1v) is 26.1.